The van der Waals surface area contributed by atoms with E-state index < -0.39 is 0 Å². The number of alkyl halides is 1. The summed E-state index contributed by atoms with van der Waals surface area (Å²) >= 11 is 3.38. The smallest absolute Gasteiger partial charge is 0.257 e. The molecule has 0 radical (unpaired) electrons. The van der Waals surface area contributed by atoms with Gasteiger partial charge in [-0.05, 0) is 12.1 Å². The monoisotopic (exact) mass is 301 g/mol. The van der Waals surface area contributed by atoms with Crippen LogP contribution in [0.4, 0.5) is 0 Å². The number of phenolic OH excluding ortho intramolecular Hbond substituents is 1. The first-order chi connectivity index (χ1) is 7.95. The second-order valence-corrected chi connectivity index (χ2v) is 5.41. The standard InChI is InChI=1S/C12H16BrNO3/c1-8(13)7-14(2)12(16)10-5-4-9(17-3)6-11(10)15/h4-6,8,15H,7H2,1-3H3. The van der Waals surface area contributed by atoms with Gasteiger partial charge >= 0.3 is 0 Å². The SMILES string of the molecule is COc1ccc(C(=O)N(C)CC(C)Br)c(O)c1. The largest absolute Gasteiger partial charge is 0.507 e. The summed E-state index contributed by atoms with van der Waals surface area (Å²) in [5.74, 6) is 0.246. The van der Waals surface area contributed by atoms with Gasteiger partial charge in [0.1, 0.15) is 11.5 Å². The van der Waals surface area contributed by atoms with Gasteiger partial charge in [0.05, 0.1) is 12.7 Å². The Kier molecular flexibility index (Phi) is 4.81. The van der Waals surface area contributed by atoms with E-state index in [2.05, 4.69) is 15.9 Å². The van der Waals surface area contributed by atoms with E-state index in [1.807, 2.05) is 6.92 Å². The van der Waals surface area contributed by atoms with Crippen molar-refractivity contribution in [3.05, 3.63) is 23.8 Å². The summed E-state index contributed by atoms with van der Waals surface area (Å²) in [7, 11) is 3.21. The van der Waals surface area contributed by atoms with Crippen molar-refractivity contribution in [2.45, 2.75) is 11.8 Å². The van der Waals surface area contributed by atoms with Gasteiger partial charge in [-0.15, -0.1) is 0 Å². The van der Waals surface area contributed by atoms with E-state index in [1.165, 1.54) is 13.2 Å². The van der Waals surface area contributed by atoms with Gasteiger partial charge in [0, 0.05) is 24.5 Å². The van der Waals surface area contributed by atoms with Crippen LogP contribution in [0, 0.1) is 0 Å². The summed E-state index contributed by atoms with van der Waals surface area (Å²) in [6.45, 7) is 2.53. The third-order valence-electron chi connectivity index (χ3n) is 2.31. The summed E-state index contributed by atoms with van der Waals surface area (Å²) < 4.78 is 4.96. The summed E-state index contributed by atoms with van der Waals surface area (Å²) in [5.41, 5.74) is 0.279. The van der Waals surface area contributed by atoms with Gasteiger partial charge in [0.15, 0.2) is 0 Å². The zero-order valence-electron chi connectivity index (χ0n) is 10.1. The molecule has 1 aromatic rings. The molecule has 4 nitrogen and oxygen atoms in total. The molecule has 1 rings (SSSR count). The molecule has 1 atom stereocenters. The molecule has 1 N–H and O–H groups in total. The molecule has 0 aliphatic heterocycles. The van der Waals surface area contributed by atoms with E-state index >= 15 is 0 Å². The molecular weight excluding hydrogens is 286 g/mol. The second kappa shape index (κ2) is 5.91. The highest BCUT2D eigenvalue weighted by Crippen LogP contribution is 2.24. The Morgan fingerprint density at radius 1 is 1.59 bits per heavy atom. The van der Waals surface area contributed by atoms with Gasteiger partial charge in [-0.2, -0.15) is 0 Å². The van der Waals surface area contributed by atoms with Crippen molar-refractivity contribution in [2.24, 2.45) is 0 Å². The highest BCUT2D eigenvalue weighted by atomic mass is 79.9. The number of hydrogen-bond donors (Lipinski definition) is 1. The van der Waals surface area contributed by atoms with E-state index in [1.54, 1.807) is 24.1 Å². The molecule has 0 saturated carbocycles. The molecule has 0 aromatic heterocycles. The maximum absolute atomic E-state index is 12.0. The van der Waals surface area contributed by atoms with Crippen molar-refractivity contribution in [1.29, 1.82) is 0 Å². The van der Waals surface area contributed by atoms with E-state index in [-0.39, 0.29) is 22.0 Å². The molecule has 17 heavy (non-hydrogen) atoms. The van der Waals surface area contributed by atoms with Gasteiger partial charge < -0.3 is 14.7 Å². The Morgan fingerprint density at radius 3 is 2.71 bits per heavy atom. The number of phenols is 1. The summed E-state index contributed by atoms with van der Waals surface area (Å²) in [6, 6.07) is 4.64. The maximum atomic E-state index is 12.0. The summed E-state index contributed by atoms with van der Waals surface area (Å²) in [6.07, 6.45) is 0. The minimum absolute atomic E-state index is 0.0663. The van der Waals surface area contributed by atoms with E-state index in [9.17, 15) is 9.90 Å². The van der Waals surface area contributed by atoms with E-state index in [4.69, 9.17) is 4.74 Å². The number of hydrogen-bond acceptors (Lipinski definition) is 3. The Labute approximate surface area is 109 Å². The lowest BCUT2D eigenvalue weighted by Crippen LogP contribution is -2.31. The average molecular weight is 302 g/mol. The number of aromatic hydroxyl groups is 1. The molecule has 1 amide bonds. The second-order valence-electron chi connectivity index (χ2n) is 3.85. The van der Waals surface area contributed by atoms with Crippen LogP contribution in [0.15, 0.2) is 18.2 Å². The number of ether oxygens (including phenoxy) is 1. The van der Waals surface area contributed by atoms with Crippen molar-refractivity contribution in [2.75, 3.05) is 20.7 Å². The normalized spacial score (nSPS) is 12.0. The van der Waals surface area contributed by atoms with Crippen molar-refractivity contribution in [1.82, 2.24) is 4.90 Å². The van der Waals surface area contributed by atoms with Crippen LogP contribution >= 0.6 is 15.9 Å². The zero-order chi connectivity index (χ0) is 13.0. The number of amides is 1. The topological polar surface area (TPSA) is 49.8 Å². The number of halogens is 1. The van der Waals surface area contributed by atoms with Crippen molar-refractivity contribution >= 4 is 21.8 Å². The number of benzene rings is 1. The Hall–Kier alpha value is -1.23. The molecule has 0 saturated heterocycles. The first-order valence-electron chi connectivity index (χ1n) is 5.22. The van der Waals surface area contributed by atoms with Gasteiger partial charge in [-0.3, -0.25) is 4.79 Å². The fourth-order valence-electron chi connectivity index (χ4n) is 1.49. The molecule has 0 spiro atoms. The minimum Gasteiger partial charge on any atom is -0.507 e. The van der Waals surface area contributed by atoms with Crippen LogP contribution in [0.2, 0.25) is 0 Å². The van der Waals surface area contributed by atoms with Crippen molar-refractivity contribution in [3.63, 3.8) is 0 Å². The number of nitrogens with zero attached hydrogens (tertiary/aromatic N) is 1. The molecule has 94 valence electrons. The lowest BCUT2D eigenvalue weighted by Gasteiger charge is -2.19. The van der Waals surface area contributed by atoms with Crippen LogP contribution in [-0.2, 0) is 0 Å². The van der Waals surface area contributed by atoms with Crippen LogP contribution in [0.5, 0.6) is 11.5 Å². The van der Waals surface area contributed by atoms with Gasteiger partial charge in [0.25, 0.3) is 5.91 Å². The van der Waals surface area contributed by atoms with Crippen LogP contribution in [0.1, 0.15) is 17.3 Å². The number of methoxy groups -OCH3 is 1. The molecule has 5 heteroatoms. The minimum atomic E-state index is -0.212. The third-order valence-corrected chi connectivity index (χ3v) is 2.60. The summed E-state index contributed by atoms with van der Waals surface area (Å²) in [5, 5.41) is 9.74. The van der Waals surface area contributed by atoms with Crippen molar-refractivity contribution in [3.8, 4) is 11.5 Å². The van der Waals surface area contributed by atoms with Gasteiger partial charge in [-0.1, -0.05) is 22.9 Å². The highest BCUT2D eigenvalue weighted by molar-refractivity contribution is 9.09. The van der Waals surface area contributed by atoms with Crippen LogP contribution < -0.4 is 4.74 Å². The lowest BCUT2D eigenvalue weighted by atomic mass is 10.1. The number of rotatable bonds is 4. The molecule has 1 unspecified atom stereocenters. The highest BCUT2D eigenvalue weighted by Gasteiger charge is 2.17. The molecule has 0 heterocycles. The Balaban J connectivity index is 2.89. The molecule has 0 aliphatic carbocycles. The van der Waals surface area contributed by atoms with Gasteiger partial charge in [-0.25, -0.2) is 0 Å². The molecule has 1 aromatic carbocycles. The number of carbonyl (C=O) groups excluding carboxylic acids is 1. The average Bonchev–Trinajstić information content (AvgIpc) is 2.27. The van der Waals surface area contributed by atoms with Crippen molar-refractivity contribution < 1.29 is 14.6 Å². The Bertz CT molecular complexity index is 407. The molecule has 0 aliphatic rings. The first-order valence-corrected chi connectivity index (χ1v) is 6.13. The fourth-order valence-corrected chi connectivity index (χ4v) is 1.92. The summed E-state index contributed by atoms with van der Waals surface area (Å²) in [4.78, 5) is 13.8. The van der Waals surface area contributed by atoms with Crippen LogP contribution in [-0.4, -0.2) is 41.4 Å². The quantitative estimate of drug-likeness (QED) is 0.868. The first kappa shape index (κ1) is 13.8. The van der Waals surface area contributed by atoms with E-state index in [0.717, 1.165) is 0 Å². The zero-order valence-corrected chi connectivity index (χ0v) is 11.7. The predicted octanol–water partition coefficient (Wildman–Crippen LogP) is 2.26. The molecule has 0 bridgehead atoms. The van der Waals surface area contributed by atoms with Crippen LogP contribution in [0.25, 0.3) is 0 Å². The van der Waals surface area contributed by atoms with Crippen LogP contribution in [0.3, 0.4) is 0 Å². The van der Waals surface area contributed by atoms with E-state index in [0.29, 0.717) is 12.3 Å². The predicted molar refractivity (Wildman–Crippen MR) is 70.0 cm³/mol. The fraction of sp³-hybridized carbons (Fsp3) is 0.417. The molecule has 0 fully saturated rings. The third kappa shape index (κ3) is 3.63. The lowest BCUT2D eigenvalue weighted by molar-refractivity contribution is 0.0794. The maximum Gasteiger partial charge on any atom is 0.257 e. The van der Waals surface area contributed by atoms with Gasteiger partial charge in [0.2, 0.25) is 0 Å². The Morgan fingerprint density at radius 2 is 2.24 bits per heavy atom. The molecular formula is C12H16BrNO3. The number of carbonyl (C=O) groups is 1.